The van der Waals surface area contributed by atoms with Crippen LogP contribution in [0.5, 0.6) is 0 Å². The first-order valence-electron chi connectivity index (χ1n) is 5.56. The summed E-state index contributed by atoms with van der Waals surface area (Å²) in [6.07, 6.45) is 4.29. The Bertz CT molecular complexity index is 322. The molecule has 5 heteroatoms. The molecule has 0 radical (unpaired) electrons. The molecule has 94 valence electrons. The van der Waals surface area contributed by atoms with Gasteiger partial charge in [-0.3, -0.25) is 4.79 Å². The lowest BCUT2D eigenvalue weighted by Gasteiger charge is -2.11. The van der Waals surface area contributed by atoms with E-state index < -0.39 is 21.0 Å². The predicted molar refractivity (Wildman–Crippen MR) is 66.0 cm³/mol. The number of hydrogen-bond acceptors (Lipinski definition) is 3. The van der Waals surface area contributed by atoms with Gasteiger partial charge in [-0.1, -0.05) is 25.8 Å². The molecule has 0 aliphatic heterocycles. The van der Waals surface area contributed by atoms with Crippen molar-refractivity contribution in [2.75, 3.05) is 12.3 Å². The van der Waals surface area contributed by atoms with E-state index in [0.29, 0.717) is 6.54 Å². The number of hydrogen-bond donors (Lipinski definition) is 1. The van der Waals surface area contributed by atoms with E-state index in [9.17, 15) is 13.2 Å². The molecule has 0 aromatic heterocycles. The summed E-state index contributed by atoms with van der Waals surface area (Å²) in [5.41, 5.74) is 0. The average molecular weight is 247 g/mol. The van der Waals surface area contributed by atoms with E-state index in [0.717, 1.165) is 19.3 Å². The van der Waals surface area contributed by atoms with Gasteiger partial charge in [0.05, 0.1) is 5.75 Å². The number of sulfone groups is 1. The van der Waals surface area contributed by atoms with Crippen molar-refractivity contribution in [1.29, 1.82) is 0 Å². The molecule has 0 aromatic carbocycles. The van der Waals surface area contributed by atoms with E-state index >= 15 is 0 Å². The van der Waals surface area contributed by atoms with Gasteiger partial charge in [-0.25, -0.2) is 8.42 Å². The summed E-state index contributed by atoms with van der Waals surface area (Å²) in [4.78, 5) is 11.5. The molecule has 1 amide bonds. The molecule has 0 spiro atoms. The molecule has 0 saturated carbocycles. The summed E-state index contributed by atoms with van der Waals surface area (Å²) >= 11 is 0. The molecule has 0 heterocycles. The van der Waals surface area contributed by atoms with Crippen LogP contribution >= 0.6 is 0 Å². The third-order valence-electron chi connectivity index (χ3n) is 2.34. The van der Waals surface area contributed by atoms with E-state index in [2.05, 4.69) is 18.8 Å². The van der Waals surface area contributed by atoms with Crippen molar-refractivity contribution in [2.24, 2.45) is 0 Å². The van der Waals surface area contributed by atoms with Crippen LogP contribution in [-0.2, 0) is 14.6 Å². The van der Waals surface area contributed by atoms with Gasteiger partial charge in [-0.05, 0) is 13.3 Å². The lowest BCUT2D eigenvalue weighted by Crippen LogP contribution is -2.39. The number of nitrogens with one attached hydrogen (secondary N) is 1. The molecular weight excluding hydrogens is 226 g/mol. The summed E-state index contributed by atoms with van der Waals surface area (Å²) in [5, 5.41) is 1.64. The molecule has 0 rings (SSSR count). The van der Waals surface area contributed by atoms with Gasteiger partial charge in [0.1, 0.15) is 5.25 Å². The van der Waals surface area contributed by atoms with E-state index in [1.54, 1.807) is 0 Å². The van der Waals surface area contributed by atoms with Crippen LogP contribution in [0.1, 0.15) is 33.1 Å². The summed E-state index contributed by atoms with van der Waals surface area (Å²) in [6.45, 7) is 7.38. The average Bonchev–Trinajstić information content (AvgIpc) is 2.23. The van der Waals surface area contributed by atoms with E-state index in [-0.39, 0.29) is 5.75 Å². The Hall–Kier alpha value is -0.840. The van der Waals surface area contributed by atoms with E-state index in [4.69, 9.17) is 0 Å². The molecule has 4 nitrogen and oxygen atoms in total. The Morgan fingerprint density at radius 2 is 2.06 bits per heavy atom. The molecule has 1 N–H and O–H groups in total. The Morgan fingerprint density at radius 3 is 2.56 bits per heavy atom. The quantitative estimate of drug-likeness (QED) is 0.519. The molecule has 0 aliphatic carbocycles. The van der Waals surface area contributed by atoms with Crippen molar-refractivity contribution in [2.45, 2.75) is 38.4 Å². The minimum Gasteiger partial charge on any atom is -0.355 e. The van der Waals surface area contributed by atoms with E-state index in [1.165, 1.54) is 13.0 Å². The van der Waals surface area contributed by atoms with Crippen molar-refractivity contribution < 1.29 is 13.2 Å². The number of carbonyl (C=O) groups is 1. The maximum absolute atomic E-state index is 11.5. The molecule has 0 fully saturated rings. The first-order chi connectivity index (χ1) is 7.45. The second kappa shape index (κ2) is 7.44. The summed E-state index contributed by atoms with van der Waals surface area (Å²) < 4.78 is 23.1. The van der Waals surface area contributed by atoms with Crippen molar-refractivity contribution in [1.82, 2.24) is 5.32 Å². The number of carbonyl (C=O) groups excluding carboxylic acids is 1. The number of unbranched alkanes of at least 4 members (excludes halogenated alkanes) is 2. The highest BCUT2D eigenvalue weighted by Gasteiger charge is 2.26. The first kappa shape index (κ1) is 15.2. The minimum absolute atomic E-state index is 0.156. The van der Waals surface area contributed by atoms with Crippen molar-refractivity contribution in [3.05, 3.63) is 12.7 Å². The van der Waals surface area contributed by atoms with Gasteiger partial charge in [0, 0.05) is 6.54 Å². The molecule has 1 atom stereocenters. The third kappa shape index (κ3) is 5.30. The van der Waals surface area contributed by atoms with Crippen molar-refractivity contribution in [3.63, 3.8) is 0 Å². The van der Waals surface area contributed by atoms with Gasteiger partial charge in [0.25, 0.3) is 0 Å². The highest BCUT2D eigenvalue weighted by molar-refractivity contribution is 7.92. The summed E-state index contributed by atoms with van der Waals surface area (Å²) in [6, 6.07) is 0. The molecule has 0 aromatic rings. The standard InChI is InChI=1S/C11H21NO3S/c1-4-6-7-8-12-11(13)10(3)16(14,15)9-5-2/h5,10H,2,4,6-9H2,1,3H3,(H,12,13). The fourth-order valence-electron chi connectivity index (χ4n) is 1.20. The summed E-state index contributed by atoms with van der Waals surface area (Å²) in [7, 11) is -3.38. The van der Waals surface area contributed by atoms with Crippen LogP contribution in [-0.4, -0.2) is 31.9 Å². The van der Waals surface area contributed by atoms with Crippen LogP contribution in [0.25, 0.3) is 0 Å². The van der Waals surface area contributed by atoms with Gasteiger partial charge in [0.15, 0.2) is 9.84 Å². The van der Waals surface area contributed by atoms with Gasteiger partial charge in [0.2, 0.25) is 5.91 Å². The molecule has 0 bridgehead atoms. The maximum Gasteiger partial charge on any atom is 0.238 e. The van der Waals surface area contributed by atoms with Crippen LogP contribution < -0.4 is 5.32 Å². The van der Waals surface area contributed by atoms with Gasteiger partial charge in [-0.2, -0.15) is 0 Å². The highest BCUT2D eigenvalue weighted by atomic mass is 32.2. The fourth-order valence-corrected chi connectivity index (χ4v) is 2.23. The van der Waals surface area contributed by atoms with Gasteiger partial charge in [-0.15, -0.1) is 6.58 Å². The van der Waals surface area contributed by atoms with Crippen LogP contribution in [0.2, 0.25) is 0 Å². The Kier molecular flexibility index (Phi) is 7.05. The lowest BCUT2D eigenvalue weighted by atomic mass is 10.2. The smallest absolute Gasteiger partial charge is 0.238 e. The maximum atomic E-state index is 11.5. The predicted octanol–water partition coefficient (Wildman–Crippen LogP) is 1.28. The Morgan fingerprint density at radius 1 is 1.44 bits per heavy atom. The highest BCUT2D eigenvalue weighted by Crippen LogP contribution is 2.02. The third-order valence-corrected chi connectivity index (χ3v) is 4.33. The number of amides is 1. The first-order valence-corrected chi connectivity index (χ1v) is 7.27. The largest absolute Gasteiger partial charge is 0.355 e. The van der Waals surface area contributed by atoms with Gasteiger partial charge >= 0.3 is 0 Å². The van der Waals surface area contributed by atoms with Crippen LogP contribution in [0.4, 0.5) is 0 Å². The lowest BCUT2D eigenvalue weighted by molar-refractivity contribution is -0.120. The van der Waals surface area contributed by atoms with Crippen LogP contribution in [0.3, 0.4) is 0 Å². The SMILES string of the molecule is C=CCS(=O)(=O)C(C)C(=O)NCCCCC. The zero-order valence-electron chi connectivity index (χ0n) is 10.0. The number of rotatable bonds is 8. The second-order valence-corrected chi connectivity index (χ2v) is 6.12. The zero-order chi connectivity index (χ0) is 12.6. The normalized spacial score (nSPS) is 13.1. The van der Waals surface area contributed by atoms with E-state index in [1.807, 2.05) is 0 Å². The molecule has 0 saturated heterocycles. The monoisotopic (exact) mass is 247 g/mol. The molecule has 16 heavy (non-hydrogen) atoms. The second-order valence-electron chi connectivity index (χ2n) is 3.76. The topological polar surface area (TPSA) is 63.2 Å². The van der Waals surface area contributed by atoms with Crippen LogP contribution in [0.15, 0.2) is 12.7 Å². The van der Waals surface area contributed by atoms with Crippen molar-refractivity contribution >= 4 is 15.7 Å². The fraction of sp³-hybridized carbons (Fsp3) is 0.727. The van der Waals surface area contributed by atoms with Gasteiger partial charge < -0.3 is 5.32 Å². The van der Waals surface area contributed by atoms with Crippen LogP contribution in [0, 0.1) is 0 Å². The van der Waals surface area contributed by atoms with Crippen molar-refractivity contribution in [3.8, 4) is 0 Å². The Balaban J connectivity index is 4.13. The minimum atomic E-state index is -3.38. The molecule has 0 aliphatic rings. The Labute approximate surface area is 98.0 Å². The molecular formula is C11H21NO3S. The zero-order valence-corrected chi connectivity index (χ0v) is 10.8. The molecule has 1 unspecified atom stereocenters. The summed E-state index contributed by atoms with van der Waals surface area (Å²) in [5.74, 6) is -0.575.